The van der Waals surface area contributed by atoms with Gasteiger partial charge in [0, 0.05) is 40.1 Å². The summed E-state index contributed by atoms with van der Waals surface area (Å²) in [5.41, 5.74) is 1.56. The number of hydrogen-bond acceptors (Lipinski definition) is 6. The number of anilines is 1. The molecule has 8 heteroatoms. The summed E-state index contributed by atoms with van der Waals surface area (Å²) in [6.45, 7) is 3.78. The Morgan fingerprint density at radius 3 is 2.79 bits per heavy atom. The Bertz CT molecular complexity index is 852. The molecule has 0 radical (unpaired) electrons. The summed E-state index contributed by atoms with van der Waals surface area (Å²) in [6.07, 6.45) is 1.15. The van der Waals surface area contributed by atoms with Crippen LogP contribution in [0, 0.1) is 0 Å². The molecule has 0 bridgehead atoms. The Morgan fingerprint density at radius 1 is 1.32 bits per heavy atom. The predicted molar refractivity (Wildman–Crippen MR) is 116 cm³/mol. The van der Waals surface area contributed by atoms with Gasteiger partial charge in [0.25, 0.3) is 0 Å². The van der Waals surface area contributed by atoms with Crippen molar-refractivity contribution in [2.45, 2.75) is 31.2 Å². The lowest BCUT2D eigenvalue weighted by molar-refractivity contribution is -0.115. The van der Waals surface area contributed by atoms with Gasteiger partial charge in [-0.25, -0.2) is 4.79 Å². The molecular weight excluding hydrogens is 416 g/mol. The average molecular weight is 439 g/mol. The normalized spacial score (nSPS) is 13.8. The van der Waals surface area contributed by atoms with E-state index in [2.05, 4.69) is 17.3 Å². The second-order valence-corrected chi connectivity index (χ2v) is 9.23. The van der Waals surface area contributed by atoms with Crippen molar-refractivity contribution in [2.24, 2.45) is 0 Å². The van der Waals surface area contributed by atoms with Gasteiger partial charge in [0.15, 0.2) is 0 Å². The van der Waals surface area contributed by atoms with Gasteiger partial charge in [0.1, 0.15) is 5.00 Å². The molecule has 0 atom stereocenters. The maximum Gasteiger partial charge on any atom is 0.341 e. The summed E-state index contributed by atoms with van der Waals surface area (Å²) in [5, 5.41) is 4.25. The van der Waals surface area contributed by atoms with E-state index in [-0.39, 0.29) is 11.9 Å². The number of fused-ring (bicyclic) bond motifs is 1. The fourth-order valence-corrected chi connectivity index (χ4v) is 5.33. The summed E-state index contributed by atoms with van der Waals surface area (Å²) in [6, 6.07) is 7.55. The smallest absolute Gasteiger partial charge is 0.341 e. The molecule has 0 aliphatic carbocycles. The predicted octanol–water partition coefficient (Wildman–Crippen LogP) is 4.69. The van der Waals surface area contributed by atoms with Crippen LogP contribution in [0.3, 0.4) is 0 Å². The molecule has 2 aromatic rings. The number of esters is 1. The van der Waals surface area contributed by atoms with Gasteiger partial charge in [-0.3, -0.25) is 4.79 Å². The van der Waals surface area contributed by atoms with Gasteiger partial charge in [0.05, 0.1) is 12.2 Å². The lowest BCUT2D eigenvalue weighted by Gasteiger charge is -2.22. The van der Waals surface area contributed by atoms with Crippen molar-refractivity contribution in [1.29, 1.82) is 0 Å². The summed E-state index contributed by atoms with van der Waals surface area (Å²) in [5.74, 6) is 0.199. The Balaban J connectivity index is 1.66. The van der Waals surface area contributed by atoms with Gasteiger partial charge in [0.2, 0.25) is 5.91 Å². The van der Waals surface area contributed by atoms with Gasteiger partial charge in [-0.05, 0) is 50.2 Å². The standard InChI is InChI=1S/C20H23ClN2O3S2/c1-3-26-20(25)18-15-8-10-23(2)12-16(15)28-19(18)22-17(24)9-11-27-14-6-4-13(21)5-7-14/h4-7H,3,8-12H2,1-2H3,(H,22,24). The second kappa shape index (κ2) is 9.78. The summed E-state index contributed by atoms with van der Waals surface area (Å²) in [7, 11) is 2.05. The van der Waals surface area contributed by atoms with Gasteiger partial charge >= 0.3 is 5.97 Å². The van der Waals surface area contributed by atoms with Gasteiger partial charge in [-0.15, -0.1) is 23.1 Å². The first kappa shape index (κ1) is 21.2. The van der Waals surface area contributed by atoms with Crippen LogP contribution in [-0.2, 0) is 22.5 Å². The zero-order valence-electron chi connectivity index (χ0n) is 15.9. The maximum absolute atomic E-state index is 12.5. The van der Waals surface area contributed by atoms with Crippen LogP contribution in [0.15, 0.2) is 29.2 Å². The molecule has 0 spiro atoms. The van der Waals surface area contributed by atoms with Crippen LogP contribution >= 0.6 is 34.7 Å². The molecule has 1 aliphatic rings. The lowest BCUT2D eigenvalue weighted by atomic mass is 10.0. The number of carbonyl (C=O) groups excluding carboxylic acids is 2. The molecule has 1 amide bonds. The topological polar surface area (TPSA) is 58.6 Å². The van der Waals surface area contributed by atoms with Crippen molar-refractivity contribution in [3.63, 3.8) is 0 Å². The maximum atomic E-state index is 12.5. The van der Waals surface area contributed by atoms with Crippen molar-refractivity contribution in [1.82, 2.24) is 4.90 Å². The van der Waals surface area contributed by atoms with Crippen LogP contribution < -0.4 is 5.32 Å². The monoisotopic (exact) mass is 438 g/mol. The van der Waals surface area contributed by atoms with E-state index >= 15 is 0 Å². The molecule has 0 saturated carbocycles. The lowest BCUT2D eigenvalue weighted by Crippen LogP contribution is -2.26. The van der Waals surface area contributed by atoms with E-state index in [0.717, 1.165) is 34.8 Å². The van der Waals surface area contributed by atoms with Crippen LogP contribution in [-0.4, -0.2) is 42.7 Å². The number of rotatable bonds is 7. The van der Waals surface area contributed by atoms with Crippen LogP contribution in [0.2, 0.25) is 5.02 Å². The minimum atomic E-state index is -0.351. The van der Waals surface area contributed by atoms with Crippen molar-refractivity contribution < 1.29 is 14.3 Å². The molecular formula is C20H23ClN2O3S2. The molecule has 1 N–H and O–H groups in total. The van der Waals surface area contributed by atoms with E-state index in [0.29, 0.717) is 34.4 Å². The van der Waals surface area contributed by atoms with Crippen LogP contribution in [0.5, 0.6) is 0 Å². The third-order valence-corrected chi connectivity index (χ3v) is 6.79. The molecule has 1 aromatic carbocycles. The Labute approximate surface area is 178 Å². The van der Waals surface area contributed by atoms with Crippen molar-refractivity contribution >= 4 is 51.6 Å². The van der Waals surface area contributed by atoms with E-state index in [1.54, 1.807) is 18.7 Å². The summed E-state index contributed by atoms with van der Waals surface area (Å²) in [4.78, 5) is 29.4. The highest BCUT2D eigenvalue weighted by Crippen LogP contribution is 2.37. The van der Waals surface area contributed by atoms with E-state index < -0.39 is 0 Å². The number of benzene rings is 1. The minimum Gasteiger partial charge on any atom is -0.462 e. The highest BCUT2D eigenvalue weighted by Gasteiger charge is 2.28. The number of ether oxygens (including phenoxy) is 1. The number of halogens is 1. The minimum absolute atomic E-state index is 0.0982. The van der Waals surface area contributed by atoms with Gasteiger partial charge in [-0.1, -0.05) is 11.6 Å². The Kier molecular flexibility index (Phi) is 7.40. The number of nitrogens with one attached hydrogen (secondary N) is 1. The van der Waals surface area contributed by atoms with Crippen molar-refractivity contribution in [3.05, 3.63) is 45.3 Å². The number of amides is 1. The summed E-state index contributed by atoms with van der Waals surface area (Å²) < 4.78 is 5.24. The number of hydrogen-bond donors (Lipinski definition) is 1. The zero-order chi connectivity index (χ0) is 20.1. The van der Waals surface area contributed by atoms with E-state index in [1.165, 1.54) is 11.3 Å². The number of nitrogens with zero attached hydrogens (tertiary/aromatic N) is 1. The van der Waals surface area contributed by atoms with Crippen LogP contribution in [0.4, 0.5) is 5.00 Å². The fraction of sp³-hybridized carbons (Fsp3) is 0.400. The van der Waals surface area contributed by atoms with Crippen LogP contribution in [0.25, 0.3) is 0 Å². The first-order valence-corrected chi connectivity index (χ1v) is 11.3. The molecule has 150 valence electrons. The van der Waals surface area contributed by atoms with Gasteiger partial charge in [-0.2, -0.15) is 0 Å². The first-order valence-electron chi connectivity index (χ1n) is 9.16. The SMILES string of the molecule is CCOC(=O)c1c(NC(=O)CCSc2ccc(Cl)cc2)sc2c1CCN(C)C2. The zero-order valence-corrected chi connectivity index (χ0v) is 18.3. The molecule has 3 rings (SSSR count). The molecule has 28 heavy (non-hydrogen) atoms. The Hall–Kier alpha value is -1.54. The van der Waals surface area contributed by atoms with E-state index in [4.69, 9.17) is 16.3 Å². The highest BCUT2D eigenvalue weighted by atomic mass is 35.5. The number of thioether (sulfide) groups is 1. The third kappa shape index (κ3) is 5.29. The fourth-order valence-electron chi connectivity index (χ4n) is 3.02. The van der Waals surface area contributed by atoms with Crippen molar-refractivity contribution in [3.8, 4) is 0 Å². The number of thiophene rings is 1. The van der Waals surface area contributed by atoms with E-state index in [9.17, 15) is 9.59 Å². The average Bonchev–Trinajstić information content (AvgIpc) is 3.00. The van der Waals surface area contributed by atoms with Gasteiger partial charge < -0.3 is 15.0 Å². The molecule has 0 unspecified atom stereocenters. The largest absolute Gasteiger partial charge is 0.462 e. The number of carbonyl (C=O) groups is 2. The summed E-state index contributed by atoms with van der Waals surface area (Å²) >= 11 is 8.97. The first-order chi connectivity index (χ1) is 13.5. The molecule has 0 saturated heterocycles. The third-order valence-electron chi connectivity index (χ3n) is 4.39. The Morgan fingerprint density at radius 2 is 2.07 bits per heavy atom. The number of likely N-dealkylation sites (N-methyl/N-ethyl adjacent to an activating group) is 1. The molecule has 1 aromatic heterocycles. The highest BCUT2D eigenvalue weighted by molar-refractivity contribution is 7.99. The molecule has 2 heterocycles. The second-order valence-electron chi connectivity index (χ2n) is 6.52. The van der Waals surface area contributed by atoms with Crippen LogP contribution in [0.1, 0.15) is 34.1 Å². The van der Waals surface area contributed by atoms with Crippen molar-refractivity contribution in [2.75, 3.05) is 31.3 Å². The quantitative estimate of drug-likeness (QED) is 0.502. The molecule has 5 nitrogen and oxygen atoms in total. The molecule has 1 aliphatic heterocycles. The van der Waals surface area contributed by atoms with E-state index in [1.807, 2.05) is 24.3 Å². The molecule has 0 fully saturated rings.